The van der Waals surface area contributed by atoms with Gasteiger partial charge in [0.1, 0.15) is 11.8 Å². The van der Waals surface area contributed by atoms with Crippen LogP contribution in [0.3, 0.4) is 0 Å². The van der Waals surface area contributed by atoms with Gasteiger partial charge in [-0.3, -0.25) is 10.1 Å². The molecule has 5 nitrogen and oxygen atoms in total. The molecule has 1 atom stereocenters. The maximum atomic E-state index is 10.5. The third-order valence-corrected chi connectivity index (χ3v) is 2.15. The zero-order chi connectivity index (χ0) is 12.1. The molecule has 0 fully saturated rings. The second-order valence-corrected chi connectivity index (χ2v) is 3.35. The molecule has 1 aromatic rings. The highest BCUT2D eigenvalue weighted by Crippen LogP contribution is 2.24. The van der Waals surface area contributed by atoms with E-state index in [1.165, 1.54) is 18.2 Å². The molecule has 0 aliphatic carbocycles. The van der Waals surface area contributed by atoms with E-state index in [2.05, 4.69) is 0 Å². The molecule has 1 unspecified atom stereocenters. The van der Waals surface area contributed by atoms with E-state index in [-0.39, 0.29) is 5.69 Å². The molecule has 84 valence electrons. The lowest BCUT2D eigenvalue weighted by molar-refractivity contribution is -0.384. The van der Waals surface area contributed by atoms with Crippen LogP contribution in [0.2, 0.25) is 0 Å². The fourth-order valence-electron chi connectivity index (χ4n) is 1.23. The minimum Gasteiger partial charge on any atom is -0.475 e. The van der Waals surface area contributed by atoms with Crippen LogP contribution in [0.25, 0.3) is 0 Å². The van der Waals surface area contributed by atoms with Crippen molar-refractivity contribution in [3.63, 3.8) is 0 Å². The summed E-state index contributed by atoms with van der Waals surface area (Å²) in [7, 11) is 0. The van der Waals surface area contributed by atoms with Crippen LogP contribution in [0.5, 0.6) is 5.75 Å². The topological polar surface area (TPSA) is 76.2 Å². The zero-order valence-electron chi connectivity index (χ0n) is 9.14. The molecule has 0 bridgehead atoms. The number of non-ortho nitro benzene ring substituents is 1. The van der Waals surface area contributed by atoms with Crippen molar-refractivity contribution >= 4 is 5.69 Å². The van der Waals surface area contributed by atoms with Crippen molar-refractivity contribution in [2.75, 3.05) is 0 Å². The summed E-state index contributed by atoms with van der Waals surface area (Å²) in [6.07, 6.45) is 0.0626. The Bertz CT molecular complexity index is 437. The van der Waals surface area contributed by atoms with Crippen LogP contribution >= 0.6 is 0 Å². The Labute approximate surface area is 93.4 Å². The summed E-state index contributed by atoms with van der Waals surface area (Å²) in [5.74, 6) is 0.513. The van der Waals surface area contributed by atoms with Crippen molar-refractivity contribution < 1.29 is 9.66 Å². The van der Waals surface area contributed by atoms with E-state index in [9.17, 15) is 10.1 Å². The highest BCUT2D eigenvalue weighted by Gasteiger charge is 2.12. The van der Waals surface area contributed by atoms with Crippen molar-refractivity contribution in [2.24, 2.45) is 0 Å². The van der Waals surface area contributed by atoms with Gasteiger partial charge in [-0.2, -0.15) is 5.26 Å². The summed E-state index contributed by atoms with van der Waals surface area (Å²) in [6, 6.07) is 6.33. The quantitative estimate of drug-likeness (QED) is 0.577. The number of hydrogen-bond acceptors (Lipinski definition) is 4. The van der Waals surface area contributed by atoms with Crippen molar-refractivity contribution in [1.29, 1.82) is 5.26 Å². The first-order valence-corrected chi connectivity index (χ1v) is 4.89. The molecule has 1 aromatic carbocycles. The van der Waals surface area contributed by atoms with Gasteiger partial charge in [0.25, 0.3) is 5.69 Å². The summed E-state index contributed by atoms with van der Waals surface area (Å²) in [5, 5.41) is 19.2. The summed E-state index contributed by atoms with van der Waals surface area (Å²) in [5.41, 5.74) is 0.678. The normalized spacial score (nSPS) is 11.6. The molecule has 0 aliphatic heterocycles. The number of nitriles is 1. The van der Waals surface area contributed by atoms with Crippen molar-refractivity contribution in [1.82, 2.24) is 0 Å². The molecule has 1 rings (SSSR count). The second-order valence-electron chi connectivity index (χ2n) is 3.35. The average molecular weight is 220 g/mol. The number of nitro benzene ring substituents is 1. The van der Waals surface area contributed by atoms with Gasteiger partial charge in [0.05, 0.1) is 4.92 Å². The molecular weight excluding hydrogens is 208 g/mol. The lowest BCUT2D eigenvalue weighted by atomic mass is 10.2. The van der Waals surface area contributed by atoms with Crippen LogP contribution in [-0.2, 0) is 0 Å². The summed E-state index contributed by atoms with van der Waals surface area (Å²) >= 11 is 0. The first kappa shape index (κ1) is 12.0. The Balaban J connectivity index is 2.92. The fraction of sp³-hybridized carbons (Fsp3) is 0.364. The molecule has 0 aromatic heterocycles. The number of rotatable bonds is 4. The maximum Gasteiger partial charge on any atom is 0.269 e. The predicted molar refractivity (Wildman–Crippen MR) is 58.2 cm³/mol. The molecule has 0 amide bonds. The Kier molecular flexibility index (Phi) is 3.84. The van der Waals surface area contributed by atoms with Crippen molar-refractivity contribution in [2.45, 2.75) is 26.4 Å². The Morgan fingerprint density at radius 3 is 2.75 bits per heavy atom. The molecule has 0 saturated carbocycles. The lowest BCUT2D eigenvalue weighted by Crippen LogP contribution is -2.12. The fourth-order valence-corrected chi connectivity index (χ4v) is 1.23. The van der Waals surface area contributed by atoms with Gasteiger partial charge < -0.3 is 4.74 Å². The van der Waals surface area contributed by atoms with Gasteiger partial charge in [0.2, 0.25) is 0 Å². The van der Waals surface area contributed by atoms with E-state index in [0.29, 0.717) is 17.7 Å². The molecule has 0 aliphatic rings. The van der Waals surface area contributed by atoms with Gasteiger partial charge >= 0.3 is 0 Å². The second kappa shape index (κ2) is 5.12. The maximum absolute atomic E-state index is 10.5. The Morgan fingerprint density at radius 1 is 1.62 bits per heavy atom. The smallest absolute Gasteiger partial charge is 0.269 e. The van der Waals surface area contributed by atoms with E-state index < -0.39 is 11.0 Å². The van der Waals surface area contributed by atoms with E-state index >= 15 is 0 Å². The van der Waals surface area contributed by atoms with E-state index in [0.717, 1.165) is 0 Å². The predicted octanol–water partition coefficient (Wildman–Crippen LogP) is 2.58. The molecule has 0 heterocycles. The minimum atomic E-state index is -0.514. The van der Waals surface area contributed by atoms with Crippen LogP contribution in [0.4, 0.5) is 5.69 Å². The number of benzene rings is 1. The first-order chi connectivity index (χ1) is 7.58. The van der Waals surface area contributed by atoms with Crippen LogP contribution in [0.1, 0.15) is 18.9 Å². The average Bonchev–Trinajstić information content (AvgIpc) is 2.27. The van der Waals surface area contributed by atoms with Gasteiger partial charge in [-0.1, -0.05) is 6.92 Å². The molecule has 5 heteroatoms. The van der Waals surface area contributed by atoms with Crippen LogP contribution in [0.15, 0.2) is 18.2 Å². The van der Waals surface area contributed by atoms with Crippen LogP contribution < -0.4 is 4.74 Å². The monoisotopic (exact) mass is 220 g/mol. The minimum absolute atomic E-state index is 0.0230. The Hall–Kier alpha value is -2.09. The van der Waals surface area contributed by atoms with Crippen LogP contribution in [0, 0.1) is 28.4 Å². The highest BCUT2D eigenvalue weighted by molar-refractivity contribution is 5.43. The molecule has 0 spiro atoms. The molecular formula is C11H12N2O3. The Morgan fingerprint density at radius 2 is 2.31 bits per heavy atom. The van der Waals surface area contributed by atoms with Gasteiger partial charge in [-0.05, 0) is 25.0 Å². The molecule has 0 radical (unpaired) electrons. The van der Waals surface area contributed by atoms with Crippen LogP contribution in [-0.4, -0.2) is 11.0 Å². The number of ether oxygens (including phenoxy) is 1. The van der Waals surface area contributed by atoms with Crippen molar-refractivity contribution in [3.8, 4) is 11.8 Å². The highest BCUT2D eigenvalue weighted by atomic mass is 16.6. The standard InChI is InChI=1S/C11H12N2O3/c1-3-10(7-12)16-11-5-4-9(13(14)15)6-8(11)2/h4-6,10H,3H2,1-2H3. The van der Waals surface area contributed by atoms with Gasteiger partial charge in [0, 0.05) is 12.1 Å². The van der Waals surface area contributed by atoms with Gasteiger partial charge in [0.15, 0.2) is 6.10 Å². The summed E-state index contributed by atoms with van der Waals surface area (Å²) < 4.78 is 5.39. The third kappa shape index (κ3) is 2.70. The number of nitro groups is 1. The largest absolute Gasteiger partial charge is 0.475 e. The molecule has 0 saturated heterocycles. The summed E-state index contributed by atoms with van der Waals surface area (Å²) in [6.45, 7) is 3.56. The first-order valence-electron chi connectivity index (χ1n) is 4.89. The van der Waals surface area contributed by atoms with E-state index in [1.807, 2.05) is 13.0 Å². The van der Waals surface area contributed by atoms with Gasteiger partial charge in [-0.15, -0.1) is 0 Å². The SMILES string of the molecule is CCC(C#N)Oc1ccc([N+](=O)[O-])cc1C. The zero-order valence-corrected chi connectivity index (χ0v) is 9.14. The van der Waals surface area contributed by atoms with Crippen molar-refractivity contribution in [3.05, 3.63) is 33.9 Å². The molecule has 0 N–H and O–H groups in total. The third-order valence-electron chi connectivity index (χ3n) is 2.15. The van der Waals surface area contributed by atoms with E-state index in [4.69, 9.17) is 10.00 Å². The number of aryl methyl sites for hydroxylation is 1. The number of nitrogens with zero attached hydrogens (tertiary/aromatic N) is 2. The van der Waals surface area contributed by atoms with Gasteiger partial charge in [-0.25, -0.2) is 0 Å². The number of hydrogen-bond donors (Lipinski definition) is 0. The lowest BCUT2D eigenvalue weighted by Gasteiger charge is -2.12. The summed E-state index contributed by atoms with van der Waals surface area (Å²) in [4.78, 5) is 10.1. The molecule has 16 heavy (non-hydrogen) atoms. The van der Waals surface area contributed by atoms with E-state index in [1.54, 1.807) is 6.92 Å².